The number of pyridine rings is 1. The molecular formula is C15H22N2O2. The molecule has 0 radical (unpaired) electrons. The molecule has 1 heterocycles. The van der Waals surface area contributed by atoms with Gasteiger partial charge < -0.3 is 10.4 Å². The molecule has 0 unspecified atom stereocenters. The van der Waals surface area contributed by atoms with E-state index in [1.54, 1.807) is 0 Å². The summed E-state index contributed by atoms with van der Waals surface area (Å²) in [7, 11) is 0. The summed E-state index contributed by atoms with van der Waals surface area (Å²) in [6.07, 6.45) is 3.89. The average Bonchev–Trinajstić information content (AvgIpc) is 2.39. The second-order valence-corrected chi connectivity index (χ2v) is 5.46. The molecule has 1 aliphatic rings. The number of hydrogen-bond donors (Lipinski definition) is 2. The van der Waals surface area contributed by atoms with Crippen molar-refractivity contribution in [3.05, 3.63) is 29.1 Å². The predicted octanol–water partition coefficient (Wildman–Crippen LogP) is 1.98. The number of aliphatic hydroxyl groups excluding tert-OH is 1. The molecule has 1 fully saturated rings. The van der Waals surface area contributed by atoms with Crippen LogP contribution in [-0.2, 0) is 0 Å². The van der Waals surface area contributed by atoms with E-state index in [0.717, 1.165) is 37.1 Å². The van der Waals surface area contributed by atoms with E-state index in [2.05, 4.69) is 10.3 Å². The molecule has 4 heteroatoms. The molecule has 2 rings (SSSR count). The van der Waals surface area contributed by atoms with Crippen LogP contribution in [0.25, 0.3) is 0 Å². The van der Waals surface area contributed by atoms with Gasteiger partial charge in [0.1, 0.15) is 0 Å². The van der Waals surface area contributed by atoms with Crippen LogP contribution in [0, 0.1) is 19.8 Å². The number of rotatable bonds is 3. The van der Waals surface area contributed by atoms with E-state index in [-0.39, 0.29) is 18.6 Å². The zero-order valence-electron chi connectivity index (χ0n) is 11.6. The summed E-state index contributed by atoms with van der Waals surface area (Å²) in [5.74, 6) is 0.383. The minimum absolute atomic E-state index is 0.0301. The molecule has 1 saturated carbocycles. The molecule has 0 spiro atoms. The Bertz CT molecular complexity index is 451. The number of nitrogens with one attached hydrogen (secondary N) is 1. The Labute approximate surface area is 114 Å². The van der Waals surface area contributed by atoms with Crippen LogP contribution in [0.4, 0.5) is 0 Å². The standard InChI is InChI=1S/C15H22N2O2/c1-10-3-8-14(11(2)16-10)15(19)17-13-6-4-12(9-18)5-7-13/h3,8,12-13,18H,4-7,9H2,1-2H3,(H,17,19). The lowest BCUT2D eigenvalue weighted by Crippen LogP contribution is -2.38. The number of aryl methyl sites for hydroxylation is 2. The van der Waals surface area contributed by atoms with Crippen molar-refractivity contribution in [2.45, 2.75) is 45.6 Å². The van der Waals surface area contributed by atoms with Crippen molar-refractivity contribution in [1.29, 1.82) is 0 Å². The average molecular weight is 262 g/mol. The van der Waals surface area contributed by atoms with E-state index in [4.69, 9.17) is 5.11 Å². The van der Waals surface area contributed by atoms with Gasteiger partial charge in [-0.05, 0) is 57.6 Å². The molecule has 104 valence electrons. The van der Waals surface area contributed by atoms with Crippen molar-refractivity contribution in [2.75, 3.05) is 6.61 Å². The maximum atomic E-state index is 12.2. The SMILES string of the molecule is Cc1ccc(C(=O)NC2CCC(CO)CC2)c(C)n1. The van der Waals surface area contributed by atoms with Crippen molar-refractivity contribution >= 4 is 5.91 Å². The maximum absolute atomic E-state index is 12.2. The number of hydrogen-bond acceptors (Lipinski definition) is 3. The smallest absolute Gasteiger partial charge is 0.253 e. The molecule has 19 heavy (non-hydrogen) atoms. The number of carbonyl (C=O) groups is 1. The number of aromatic nitrogens is 1. The van der Waals surface area contributed by atoms with E-state index in [0.29, 0.717) is 11.5 Å². The zero-order chi connectivity index (χ0) is 13.8. The lowest BCUT2D eigenvalue weighted by Gasteiger charge is -2.28. The molecule has 4 nitrogen and oxygen atoms in total. The van der Waals surface area contributed by atoms with Crippen molar-refractivity contribution < 1.29 is 9.90 Å². The minimum atomic E-state index is -0.0301. The number of carbonyl (C=O) groups excluding carboxylic acids is 1. The highest BCUT2D eigenvalue weighted by Crippen LogP contribution is 2.24. The highest BCUT2D eigenvalue weighted by molar-refractivity contribution is 5.95. The lowest BCUT2D eigenvalue weighted by molar-refractivity contribution is 0.0913. The van der Waals surface area contributed by atoms with E-state index in [1.807, 2.05) is 26.0 Å². The lowest BCUT2D eigenvalue weighted by atomic mass is 9.86. The van der Waals surface area contributed by atoms with Crippen molar-refractivity contribution in [3.8, 4) is 0 Å². The third-order valence-electron chi connectivity index (χ3n) is 3.91. The summed E-state index contributed by atoms with van der Waals surface area (Å²) in [4.78, 5) is 16.5. The molecule has 0 aromatic carbocycles. The molecule has 0 atom stereocenters. The van der Waals surface area contributed by atoms with Crippen LogP contribution in [-0.4, -0.2) is 28.6 Å². The molecule has 0 aliphatic heterocycles. The fourth-order valence-corrected chi connectivity index (χ4v) is 2.68. The monoisotopic (exact) mass is 262 g/mol. The van der Waals surface area contributed by atoms with E-state index < -0.39 is 0 Å². The molecule has 2 N–H and O–H groups in total. The van der Waals surface area contributed by atoms with Crippen LogP contribution in [0.3, 0.4) is 0 Å². The van der Waals surface area contributed by atoms with Crippen LogP contribution in [0.15, 0.2) is 12.1 Å². The van der Waals surface area contributed by atoms with Gasteiger partial charge in [0.2, 0.25) is 0 Å². The highest BCUT2D eigenvalue weighted by Gasteiger charge is 2.22. The van der Waals surface area contributed by atoms with Gasteiger partial charge in [0.25, 0.3) is 5.91 Å². The van der Waals surface area contributed by atoms with Crippen LogP contribution in [0.2, 0.25) is 0 Å². The quantitative estimate of drug-likeness (QED) is 0.875. The topological polar surface area (TPSA) is 62.2 Å². The summed E-state index contributed by atoms with van der Waals surface area (Å²) in [5.41, 5.74) is 2.37. The number of amides is 1. The third-order valence-corrected chi connectivity index (χ3v) is 3.91. The van der Waals surface area contributed by atoms with Gasteiger partial charge in [0.05, 0.1) is 11.3 Å². The summed E-state index contributed by atoms with van der Waals surface area (Å²) in [6, 6.07) is 3.94. The second kappa shape index (κ2) is 6.15. The number of aliphatic hydroxyl groups is 1. The molecule has 1 aliphatic carbocycles. The fourth-order valence-electron chi connectivity index (χ4n) is 2.68. The summed E-state index contributed by atoms with van der Waals surface area (Å²) >= 11 is 0. The first kappa shape index (κ1) is 14.0. The molecular weight excluding hydrogens is 240 g/mol. The first-order chi connectivity index (χ1) is 9.10. The molecule has 0 bridgehead atoms. The van der Waals surface area contributed by atoms with Gasteiger partial charge >= 0.3 is 0 Å². The Hall–Kier alpha value is -1.42. The van der Waals surface area contributed by atoms with Gasteiger partial charge in [0, 0.05) is 18.3 Å². The van der Waals surface area contributed by atoms with E-state index in [1.165, 1.54) is 0 Å². The molecule has 1 aromatic rings. The van der Waals surface area contributed by atoms with Gasteiger partial charge in [0.15, 0.2) is 0 Å². The summed E-state index contributed by atoms with van der Waals surface area (Å²) in [6.45, 7) is 4.05. The largest absolute Gasteiger partial charge is 0.396 e. The van der Waals surface area contributed by atoms with Crippen molar-refractivity contribution in [3.63, 3.8) is 0 Å². The Morgan fingerprint density at radius 2 is 2.00 bits per heavy atom. The van der Waals surface area contributed by atoms with Crippen molar-refractivity contribution in [2.24, 2.45) is 5.92 Å². The van der Waals surface area contributed by atoms with E-state index in [9.17, 15) is 4.79 Å². The van der Waals surface area contributed by atoms with Crippen LogP contribution in [0.5, 0.6) is 0 Å². The van der Waals surface area contributed by atoms with Crippen LogP contribution < -0.4 is 5.32 Å². The van der Waals surface area contributed by atoms with E-state index >= 15 is 0 Å². The molecule has 0 saturated heterocycles. The Balaban J connectivity index is 1.94. The Morgan fingerprint density at radius 3 is 2.58 bits per heavy atom. The second-order valence-electron chi connectivity index (χ2n) is 5.46. The fraction of sp³-hybridized carbons (Fsp3) is 0.600. The third kappa shape index (κ3) is 3.53. The van der Waals surface area contributed by atoms with Gasteiger partial charge in [-0.25, -0.2) is 0 Å². The van der Waals surface area contributed by atoms with Crippen LogP contribution >= 0.6 is 0 Å². The normalized spacial score (nSPS) is 23.1. The van der Waals surface area contributed by atoms with Gasteiger partial charge in [-0.2, -0.15) is 0 Å². The summed E-state index contributed by atoms with van der Waals surface area (Å²) in [5, 5.41) is 12.2. The number of nitrogens with zero attached hydrogens (tertiary/aromatic N) is 1. The molecule has 1 aromatic heterocycles. The Kier molecular flexibility index (Phi) is 4.53. The first-order valence-electron chi connectivity index (χ1n) is 6.96. The summed E-state index contributed by atoms with van der Waals surface area (Å²) < 4.78 is 0. The van der Waals surface area contributed by atoms with Crippen molar-refractivity contribution in [1.82, 2.24) is 10.3 Å². The minimum Gasteiger partial charge on any atom is -0.396 e. The zero-order valence-corrected chi connectivity index (χ0v) is 11.6. The maximum Gasteiger partial charge on any atom is 0.253 e. The van der Waals surface area contributed by atoms with Crippen LogP contribution in [0.1, 0.15) is 47.4 Å². The predicted molar refractivity (Wildman–Crippen MR) is 74.0 cm³/mol. The first-order valence-corrected chi connectivity index (χ1v) is 6.96. The van der Waals surface area contributed by atoms with Gasteiger partial charge in [-0.3, -0.25) is 9.78 Å². The Morgan fingerprint density at radius 1 is 1.32 bits per heavy atom. The van der Waals surface area contributed by atoms with Gasteiger partial charge in [-0.15, -0.1) is 0 Å². The molecule has 1 amide bonds. The van der Waals surface area contributed by atoms with Gasteiger partial charge in [-0.1, -0.05) is 0 Å². The highest BCUT2D eigenvalue weighted by atomic mass is 16.3.